The lowest BCUT2D eigenvalue weighted by atomic mass is 10.1. The molecule has 2 aliphatic rings. The third-order valence-corrected chi connectivity index (χ3v) is 4.38. The normalized spacial score (nSPS) is 23.5. The van der Waals surface area contributed by atoms with Crippen molar-refractivity contribution in [1.29, 1.82) is 0 Å². The maximum atomic E-state index is 4.92. The predicted molar refractivity (Wildman–Crippen MR) is 78.8 cm³/mol. The molecular formula is C15H24N4. The molecule has 1 aromatic rings. The third-order valence-electron chi connectivity index (χ3n) is 4.38. The van der Waals surface area contributed by atoms with Crippen LogP contribution in [0.3, 0.4) is 0 Å². The number of likely N-dealkylation sites (N-methyl/N-ethyl adjacent to an activating group) is 1. The number of fused-ring (bicyclic) bond motifs is 1. The summed E-state index contributed by atoms with van der Waals surface area (Å²) >= 11 is 0. The molecular weight excluding hydrogens is 236 g/mol. The van der Waals surface area contributed by atoms with Crippen molar-refractivity contribution < 1.29 is 0 Å². The predicted octanol–water partition coefficient (Wildman–Crippen LogP) is 0.910. The molecule has 4 nitrogen and oxygen atoms in total. The molecule has 3 heterocycles. The average molecular weight is 260 g/mol. The van der Waals surface area contributed by atoms with Gasteiger partial charge in [-0.2, -0.15) is 0 Å². The first-order valence-corrected chi connectivity index (χ1v) is 7.35. The summed E-state index contributed by atoms with van der Waals surface area (Å²) in [6, 6.07) is 5.16. The Hall–Kier alpha value is -1.13. The van der Waals surface area contributed by atoms with E-state index in [0.29, 0.717) is 6.04 Å². The van der Waals surface area contributed by atoms with Crippen molar-refractivity contribution in [2.45, 2.75) is 25.3 Å². The highest BCUT2D eigenvalue weighted by atomic mass is 15.3. The molecule has 1 N–H and O–H groups in total. The molecule has 0 aromatic carbocycles. The summed E-state index contributed by atoms with van der Waals surface area (Å²) in [7, 11) is 4.34. The van der Waals surface area contributed by atoms with Crippen LogP contribution < -0.4 is 10.2 Å². The number of aromatic nitrogens is 1. The van der Waals surface area contributed by atoms with Crippen LogP contribution in [-0.2, 0) is 12.8 Å². The van der Waals surface area contributed by atoms with E-state index in [1.54, 1.807) is 0 Å². The molecule has 2 aliphatic heterocycles. The van der Waals surface area contributed by atoms with Crippen molar-refractivity contribution in [2.24, 2.45) is 0 Å². The van der Waals surface area contributed by atoms with Gasteiger partial charge < -0.3 is 15.1 Å². The Kier molecular flexibility index (Phi) is 3.71. The summed E-state index contributed by atoms with van der Waals surface area (Å²) in [6.45, 7) is 4.38. The van der Waals surface area contributed by atoms with Crippen molar-refractivity contribution in [2.75, 3.05) is 45.2 Å². The van der Waals surface area contributed by atoms with E-state index in [-0.39, 0.29) is 0 Å². The lowest BCUT2D eigenvalue weighted by Gasteiger charge is -2.21. The minimum absolute atomic E-state index is 0.669. The lowest BCUT2D eigenvalue weighted by molar-refractivity contribution is 0.315. The Morgan fingerprint density at radius 3 is 2.89 bits per heavy atom. The zero-order chi connectivity index (χ0) is 13.2. The fourth-order valence-corrected chi connectivity index (χ4v) is 3.07. The molecule has 0 radical (unpaired) electrons. The molecule has 19 heavy (non-hydrogen) atoms. The number of hydrogen-bond donors (Lipinski definition) is 1. The molecule has 0 aliphatic carbocycles. The zero-order valence-electron chi connectivity index (χ0n) is 12.0. The monoisotopic (exact) mass is 260 g/mol. The van der Waals surface area contributed by atoms with Crippen LogP contribution in [0.4, 0.5) is 5.82 Å². The molecule has 3 rings (SSSR count). The molecule has 0 spiro atoms. The second-order valence-corrected chi connectivity index (χ2v) is 5.88. The smallest absolute Gasteiger partial charge is 0.128 e. The molecule has 0 saturated carbocycles. The van der Waals surface area contributed by atoms with Crippen LogP contribution in [0.15, 0.2) is 12.1 Å². The van der Waals surface area contributed by atoms with Crippen molar-refractivity contribution in [1.82, 2.24) is 15.2 Å². The van der Waals surface area contributed by atoms with E-state index in [4.69, 9.17) is 4.98 Å². The van der Waals surface area contributed by atoms with E-state index in [1.165, 1.54) is 23.5 Å². The van der Waals surface area contributed by atoms with Crippen molar-refractivity contribution in [3.05, 3.63) is 23.4 Å². The number of nitrogens with zero attached hydrogens (tertiary/aromatic N) is 3. The van der Waals surface area contributed by atoms with Gasteiger partial charge in [0.1, 0.15) is 5.82 Å². The third kappa shape index (κ3) is 2.74. The second kappa shape index (κ2) is 5.47. The maximum Gasteiger partial charge on any atom is 0.128 e. The van der Waals surface area contributed by atoms with Gasteiger partial charge in [-0.15, -0.1) is 0 Å². The first-order valence-electron chi connectivity index (χ1n) is 7.35. The second-order valence-electron chi connectivity index (χ2n) is 5.88. The van der Waals surface area contributed by atoms with Gasteiger partial charge in [-0.25, -0.2) is 4.98 Å². The van der Waals surface area contributed by atoms with Gasteiger partial charge in [-0.3, -0.25) is 0 Å². The fourth-order valence-electron chi connectivity index (χ4n) is 3.07. The van der Waals surface area contributed by atoms with Gasteiger partial charge in [0, 0.05) is 37.8 Å². The van der Waals surface area contributed by atoms with Gasteiger partial charge >= 0.3 is 0 Å². The van der Waals surface area contributed by atoms with Gasteiger partial charge in [0.05, 0.1) is 0 Å². The Morgan fingerprint density at radius 2 is 2.11 bits per heavy atom. The average Bonchev–Trinajstić information content (AvgIpc) is 2.78. The number of anilines is 1. The van der Waals surface area contributed by atoms with E-state index >= 15 is 0 Å². The minimum Gasteiger partial charge on any atom is -0.355 e. The van der Waals surface area contributed by atoms with Crippen LogP contribution in [0, 0.1) is 0 Å². The molecule has 1 aromatic heterocycles. The lowest BCUT2D eigenvalue weighted by Crippen LogP contribution is -2.31. The topological polar surface area (TPSA) is 31.4 Å². The highest BCUT2D eigenvalue weighted by Gasteiger charge is 2.25. The number of nitrogens with one attached hydrogen (secondary N) is 1. The fraction of sp³-hybridized carbons (Fsp3) is 0.667. The summed E-state index contributed by atoms with van der Waals surface area (Å²) in [4.78, 5) is 9.68. The van der Waals surface area contributed by atoms with Crippen LogP contribution >= 0.6 is 0 Å². The van der Waals surface area contributed by atoms with Crippen molar-refractivity contribution >= 4 is 5.82 Å². The van der Waals surface area contributed by atoms with Gasteiger partial charge in [-0.1, -0.05) is 6.07 Å². The van der Waals surface area contributed by atoms with Gasteiger partial charge in [0.15, 0.2) is 0 Å². The number of pyridine rings is 1. The van der Waals surface area contributed by atoms with E-state index in [2.05, 4.69) is 41.3 Å². The molecule has 1 fully saturated rings. The Balaban J connectivity index is 1.77. The molecule has 1 unspecified atom stereocenters. The SMILES string of the molecule is CN(C)C1CCN(c2ccc3c(n2)CCNCC3)C1. The first kappa shape index (κ1) is 12.9. The van der Waals surface area contributed by atoms with Gasteiger partial charge in [-0.05, 0) is 45.1 Å². The Bertz CT molecular complexity index is 444. The molecule has 0 amide bonds. The van der Waals surface area contributed by atoms with E-state index in [1.807, 2.05) is 0 Å². The molecule has 4 heteroatoms. The summed E-state index contributed by atoms with van der Waals surface area (Å²) in [5.74, 6) is 1.17. The quantitative estimate of drug-likeness (QED) is 0.856. The number of rotatable bonds is 2. The van der Waals surface area contributed by atoms with E-state index < -0.39 is 0 Å². The molecule has 0 bridgehead atoms. The number of hydrogen-bond acceptors (Lipinski definition) is 4. The van der Waals surface area contributed by atoms with Crippen LogP contribution in [0.1, 0.15) is 17.7 Å². The Labute approximate surface area is 115 Å². The van der Waals surface area contributed by atoms with Crippen LogP contribution in [0.25, 0.3) is 0 Å². The molecule has 1 atom stereocenters. The van der Waals surface area contributed by atoms with Gasteiger partial charge in [0.25, 0.3) is 0 Å². The van der Waals surface area contributed by atoms with Crippen LogP contribution in [0.2, 0.25) is 0 Å². The minimum atomic E-state index is 0.669. The van der Waals surface area contributed by atoms with Crippen molar-refractivity contribution in [3.63, 3.8) is 0 Å². The first-order chi connectivity index (χ1) is 9.24. The largest absolute Gasteiger partial charge is 0.355 e. The highest BCUT2D eigenvalue weighted by molar-refractivity contribution is 5.43. The van der Waals surface area contributed by atoms with Crippen LogP contribution in [0.5, 0.6) is 0 Å². The summed E-state index contributed by atoms with van der Waals surface area (Å²) in [5.41, 5.74) is 2.73. The highest BCUT2D eigenvalue weighted by Crippen LogP contribution is 2.22. The van der Waals surface area contributed by atoms with Crippen LogP contribution in [-0.4, -0.2) is 56.2 Å². The zero-order valence-corrected chi connectivity index (χ0v) is 12.0. The van der Waals surface area contributed by atoms with E-state index in [9.17, 15) is 0 Å². The standard InChI is InChI=1S/C15H24N4/c1-18(2)13-7-10-19(11-13)15-4-3-12-5-8-16-9-6-14(12)17-15/h3-4,13,16H,5-11H2,1-2H3. The van der Waals surface area contributed by atoms with Gasteiger partial charge in [0.2, 0.25) is 0 Å². The summed E-state index contributed by atoms with van der Waals surface area (Å²) in [6.07, 6.45) is 3.42. The van der Waals surface area contributed by atoms with Crippen molar-refractivity contribution in [3.8, 4) is 0 Å². The van der Waals surface area contributed by atoms with E-state index in [0.717, 1.165) is 39.0 Å². The maximum absolute atomic E-state index is 4.92. The Morgan fingerprint density at radius 1 is 1.26 bits per heavy atom. The molecule has 1 saturated heterocycles. The summed E-state index contributed by atoms with van der Waals surface area (Å²) in [5, 5.41) is 3.44. The molecule has 104 valence electrons. The summed E-state index contributed by atoms with van der Waals surface area (Å²) < 4.78 is 0.